The minimum atomic E-state index is 0. The molecule has 0 aliphatic heterocycles. The van der Waals surface area contributed by atoms with E-state index in [4.69, 9.17) is 16.8 Å². The molecule has 19 heavy (non-hydrogen) atoms. The number of pyridine rings is 1. The SMILES string of the molecule is CCN(CC)CCCc1ncccc1C(Cl)=NO.Cl. The van der Waals surface area contributed by atoms with Gasteiger partial charge in [-0.2, -0.15) is 0 Å². The molecule has 0 amide bonds. The zero-order valence-electron chi connectivity index (χ0n) is 11.3. The Morgan fingerprint density at radius 3 is 2.68 bits per heavy atom. The summed E-state index contributed by atoms with van der Waals surface area (Å²) >= 11 is 5.84. The number of halogens is 2. The van der Waals surface area contributed by atoms with E-state index >= 15 is 0 Å². The number of hydrogen-bond acceptors (Lipinski definition) is 4. The Balaban J connectivity index is 0.00000324. The molecule has 1 N–H and O–H groups in total. The maximum Gasteiger partial charge on any atom is 0.177 e. The molecule has 4 nitrogen and oxygen atoms in total. The van der Waals surface area contributed by atoms with Gasteiger partial charge < -0.3 is 10.1 Å². The average Bonchev–Trinajstić information content (AvgIpc) is 2.43. The smallest absolute Gasteiger partial charge is 0.177 e. The molecule has 0 fully saturated rings. The normalized spacial score (nSPS) is 11.5. The molecule has 1 aromatic heterocycles. The molecule has 1 rings (SSSR count). The lowest BCUT2D eigenvalue weighted by molar-refractivity contribution is 0.299. The van der Waals surface area contributed by atoms with Crippen LogP contribution in [0.15, 0.2) is 23.5 Å². The highest BCUT2D eigenvalue weighted by Crippen LogP contribution is 2.12. The van der Waals surface area contributed by atoms with Crippen molar-refractivity contribution in [1.82, 2.24) is 9.88 Å². The van der Waals surface area contributed by atoms with E-state index in [1.165, 1.54) is 0 Å². The van der Waals surface area contributed by atoms with Gasteiger partial charge in [-0.25, -0.2) is 0 Å². The van der Waals surface area contributed by atoms with Crippen molar-refractivity contribution in [2.45, 2.75) is 26.7 Å². The Morgan fingerprint density at radius 1 is 1.42 bits per heavy atom. The summed E-state index contributed by atoms with van der Waals surface area (Å²) in [5, 5.41) is 11.8. The topological polar surface area (TPSA) is 48.7 Å². The first-order chi connectivity index (χ1) is 8.72. The van der Waals surface area contributed by atoms with E-state index in [-0.39, 0.29) is 17.6 Å². The molecular weight excluding hydrogens is 285 g/mol. The van der Waals surface area contributed by atoms with Gasteiger partial charge in [0.25, 0.3) is 0 Å². The molecule has 0 saturated carbocycles. The summed E-state index contributed by atoms with van der Waals surface area (Å²) in [6, 6.07) is 3.61. The lowest BCUT2D eigenvalue weighted by Crippen LogP contribution is -2.24. The third-order valence-corrected chi connectivity index (χ3v) is 3.26. The van der Waals surface area contributed by atoms with Crippen molar-refractivity contribution in [3.63, 3.8) is 0 Å². The third-order valence-electron chi connectivity index (χ3n) is 2.98. The molecule has 1 aromatic rings. The molecule has 0 aliphatic carbocycles. The van der Waals surface area contributed by atoms with Crippen LogP contribution in [0.3, 0.4) is 0 Å². The highest BCUT2D eigenvalue weighted by Gasteiger charge is 2.09. The minimum Gasteiger partial charge on any atom is -0.410 e. The van der Waals surface area contributed by atoms with E-state index in [9.17, 15) is 0 Å². The average molecular weight is 306 g/mol. The minimum absolute atomic E-state index is 0. The van der Waals surface area contributed by atoms with E-state index in [0.717, 1.165) is 38.2 Å². The molecule has 0 unspecified atom stereocenters. The zero-order chi connectivity index (χ0) is 13.4. The quantitative estimate of drug-likeness (QED) is 0.478. The van der Waals surface area contributed by atoms with Crippen LogP contribution < -0.4 is 0 Å². The van der Waals surface area contributed by atoms with Gasteiger partial charge in [-0.1, -0.05) is 30.6 Å². The Hall–Kier alpha value is -0.840. The Kier molecular flexibility index (Phi) is 9.57. The molecule has 108 valence electrons. The molecule has 0 aliphatic rings. The van der Waals surface area contributed by atoms with Crippen molar-refractivity contribution in [2.75, 3.05) is 19.6 Å². The first-order valence-corrected chi connectivity index (χ1v) is 6.64. The van der Waals surface area contributed by atoms with Crippen molar-refractivity contribution in [3.05, 3.63) is 29.6 Å². The van der Waals surface area contributed by atoms with Gasteiger partial charge in [0.15, 0.2) is 5.17 Å². The van der Waals surface area contributed by atoms with E-state index in [1.54, 1.807) is 12.3 Å². The fourth-order valence-corrected chi connectivity index (χ4v) is 2.06. The summed E-state index contributed by atoms with van der Waals surface area (Å²) in [7, 11) is 0. The van der Waals surface area contributed by atoms with Gasteiger partial charge >= 0.3 is 0 Å². The highest BCUT2D eigenvalue weighted by atomic mass is 35.5. The first kappa shape index (κ1) is 18.2. The summed E-state index contributed by atoms with van der Waals surface area (Å²) in [4.78, 5) is 6.67. The summed E-state index contributed by atoms with van der Waals surface area (Å²) in [5.74, 6) is 0. The largest absolute Gasteiger partial charge is 0.410 e. The van der Waals surface area contributed by atoms with Gasteiger partial charge in [0.05, 0.1) is 5.69 Å². The second kappa shape index (κ2) is 10.0. The van der Waals surface area contributed by atoms with Crippen molar-refractivity contribution in [3.8, 4) is 0 Å². The molecular formula is C13H21Cl2N3O. The Bertz CT molecular complexity index is 395. The summed E-state index contributed by atoms with van der Waals surface area (Å²) in [5.41, 5.74) is 1.59. The number of nitrogens with zero attached hydrogens (tertiary/aromatic N) is 3. The molecule has 0 atom stereocenters. The van der Waals surface area contributed by atoms with Crippen LogP contribution in [0.1, 0.15) is 31.5 Å². The molecule has 0 saturated heterocycles. The lowest BCUT2D eigenvalue weighted by atomic mass is 10.1. The molecule has 0 spiro atoms. The van der Waals surface area contributed by atoms with Crippen molar-refractivity contribution >= 4 is 29.2 Å². The van der Waals surface area contributed by atoms with Crippen LogP contribution in [0.5, 0.6) is 0 Å². The van der Waals surface area contributed by atoms with Crippen LogP contribution in [0.2, 0.25) is 0 Å². The van der Waals surface area contributed by atoms with Gasteiger partial charge in [-0.3, -0.25) is 4.98 Å². The number of aryl methyl sites for hydroxylation is 1. The fraction of sp³-hybridized carbons (Fsp3) is 0.538. The predicted molar refractivity (Wildman–Crippen MR) is 81.8 cm³/mol. The molecule has 6 heteroatoms. The van der Waals surface area contributed by atoms with Crippen LogP contribution in [0.4, 0.5) is 0 Å². The maximum atomic E-state index is 8.72. The van der Waals surface area contributed by atoms with E-state index in [0.29, 0.717) is 5.56 Å². The van der Waals surface area contributed by atoms with E-state index in [2.05, 4.69) is 28.9 Å². The monoisotopic (exact) mass is 305 g/mol. The predicted octanol–water partition coefficient (Wildman–Crippen LogP) is 3.15. The van der Waals surface area contributed by atoms with E-state index < -0.39 is 0 Å². The third kappa shape index (κ3) is 5.76. The van der Waals surface area contributed by atoms with Gasteiger partial charge in [0, 0.05) is 11.8 Å². The van der Waals surface area contributed by atoms with Gasteiger partial charge in [-0.05, 0) is 44.6 Å². The second-order valence-corrected chi connectivity index (χ2v) is 4.38. The Morgan fingerprint density at radius 2 is 2.11 bits per heavy atom. The Labute approximate surface area is 125 Å². The van der Waals surface area contributed by atoms with Gasteiger partial charge in [0.1, 0.15) is 0 Å². The number of oxime groups is 1. The van der Waals surface area contributed by atoms with Crippen molar-refractivity contribution in [1.29, 1.82) is 0 Å². The van der Waals surface area contributed by atoms with Crippen LogP contribution in [-0.2, 0) is 6.42 Å². The summed E-state index contributed by atoms with van der Waals surface area (Å²) in [6.45, 7) is 7.47. The first-order valence-electron chi connectivity index (χ1n) is 6.27. The fourth-order valence-electron chi connectivity index (χ4n) is 1.89. The van der Waals surface area contributed by atoms with Gasteiger partial charge in [0.2, 0.25) is 0 Å². The molecule has 1 heterocycles. The molecule has 0 aromatic carbocycles. The van der Waals surface area contributed by atoms with Crippen LogP contribution >= 0.6 is 24.0 Å². The summed E-state index contributed by atoms with van der Waals surface area (Å²) in [6.07, 6.45) is 3.58. The van der Waals surface area contributed by atoms with Crippen molar-refractivity contribution in [2.24, 2.45) is 5.16 Å². The molecule has 0 radical (unpaired) electrons. The van der Waals surface area contributed by atoms with E-state index in [1.807, 2.05) is 6.07 Å². The standard InChI is InChI=1S/C13H20ClN3O.ClH/c1-3-17(4-2)10-6-8-12-11(13(14)16-18)7-5-9-15-12;/h5,7,9,18H,3-4,6,8,10H2,1-2H3;1H. The van der Waals surface area contributed by atoms with Crippen molar-refractivity contribution < 1.29 is 5.21 Å². The van der Waals surface area contributed by atoms with Crippen LogP contribution in [-0.4, -0.2) is 39.9 Å². The second-order valence-electron chi connectivity index (χ2n) is 4.02. The molecule has 0 bridgehead atoms. The summed E-state index contributed by atoms with van der Waals surface area (Å²) < 4.78 is 0. The maximum absolute atomic E-state index is 8.72. The van der Waals surface area contributed by atoms with Crippen LogP contribution in [0.25, 0.3) is 0 Å². The van der Waals surface area contributed by atoms with Gasteiger partial charge in [-0.15, -0.1) is 12.4 Å². The zero-order valence-corrected chi connectivity index (χ0v) is 12.9. The number of hydrogen-bond donors (Lipinski definition) is 1. The number of rotatable bonds is 7. The lowest BCUT2D eigenvalue weighted by Gasteiger charge is -2.17. The van der Waals surface area contributed by atoms with Crippen LogP contribution in [0, 0.1) is 0 Å². The highest BCUT2D eigenvalue weighted by molar-refractivity contribution is 6.69. The number of aromatic nitrogens is 1.